The molecule has 0 aliphatic heterocycles. The standard InChI is InChI=1S/C14H18F3NS/c1-10(2)18-9-11(3)8-12-4-6-13(7-5-12)19-14(15,16)17/h4-8,10,18H,9H2,1-3H3. The van der Waals surface area contributed by atoms with E-state index in [9.17, 15) is 13.2 Å². The molecule has 1 N–H and O–H groups in total. The molecule has 0 bridgehead atoms. The van der Waals surface area contributed by atoms with Crippen LogP contribution in [0.25, 0.3) is 6.08 Å². The van der Waals surface area contributed by atoms with Crippen LogP contribution in [0.3, 0.4) is 0 Å². The quantitative estimate of drug-likeness (QED) is 0.789. The minimum Gasteiger partial charge on any atom is -0.311 e. The molecule has 0 spiro atoms. The van der Waals surface area contributed by atoms with E-state index >= 15 is 0 Å². The van der Waals surface area contributed by atoms with Gasteiger partial charge in [0.05, 0.1) is 0 Å². The van der Waals surface area contributed by atoms with Crippen LogP contribution in [0.5, 0.6) is 0 Å². The Kier molecular flexibility index (Phi) is 5.94. The van der Waals surface area contributed by atoms with Gasteiger partial charge in [0.25, 0.3) is 0 Å². The molecule has 0 fully saturated rings. The van der Waals surface area contributed by atoms with Gasteiger partial charge in [-0.05, 0) is 36.4 Å². The van der Waals surface area contributed by atoms with Crippen molar-refractivity contribution in [1.82, 2.24) is 5.32 Å². The van der Waals surface area contributed by atoms with Gasteiger partial charge in [0.15, 0.2) is 0 Å². The molecule has 19 heavy (non-hydrogen) atoms. The van der Waals surface area contributed by atoms with E-state index in [-0.39, 0.29) is 16.7 Å². The predicted octanol–water partition coefficient (Wildman–Crippen LogP) is 4.70. The van der Waals surface area contributed by atoms with E-state index in [0.29, 0.717) is 6.04 Å². The molecule has 0 aliphatic rings. The molecule has 0 amide bonds. The Morgan fingerprint density at radius 3 is 2.32 bits per heavy atom. The van der Waals surface area contributed by atoms with E-state index < -0.39 is 5.51 Å². The summed E-state index contributed by atoms with van der Waals surface area (Å²) < 4.78 is 36.5. The second-order valence-electron chi connectivity index (χ2n) is 4.64. The van der Waals surface area contributed by atoms with Crippen LogP contribution >= 0.6 is 11.8 Å². The Balaban J connectivity index is 2.63. The van der Waals surface area contributed by atoms with Crippen LogP contribution in [0, 0.1) is 0 Å². The molecule has 106 valence electrons. The first-order chi connectivity index (χ1) is 8.76. The lowest BCUT2D eigenvalue weighted by Crippen LogP contribution is -2.24. The first-order valence-corrected chi connectivity index (χ1v) is 6.84. The number of alkyl halides is 3. The van der Waals surface area contributed by atoms with Gasteiger partial charge in [-0.1, -0.05) is 37.6 Å². The van der Waals surface area contributed by atoms with Crippen molar-refractivity contribution in [1.29, 1.82) is 0 Å². The molecule has 0 heterocycles. The summed E-state index contributed by atoms with van der Waals surface area (Å²) in [4.78, 5) is 0.211. The Labute approximate surface area is 116 Å². The Morgan fingerprint density at radius 1 is 1.26 bits per heavy atom. The highest BCUT2D eigenvalue weighted by Crippen LogP contribution is 2.36. The Hall–Kier alpha value is -0.940. The van der Waals surface area contributed by atoms with Crippen molar-refractivity contribution in [3.05, 3.63) is 35.4 Å². The Morgan fingerprint density at radius 2 is 1.84 bits per heavy atom. The maximum absolute atomic E-state index is 12.2. The van der Waals surface area contributed by atoms with Crippen LogP contribution in [0.4, 0.5) is 13.2 Å². The zero-order valence-corrected chi connectivity index (χ0v) is 12.0. The third-order valence-electron chi connectivity index (χ3n) is 2.32. The summed E-state index contributed by atoms with van der Waals surface area (Å²) in [5.41, 5.74) is -2.17. The van der Waals surface area contributed by atoms with Crippen LogP contribution in [-0.4, -0.2) is 18.1 Å². The molecule has 0 saturated carbocycles. The summed E-state index contributed by atoms with van der Waals surface area (Å²) in [6, 6.07) is 6.80. The minimum absolute atomic E-state index is 0.0905. The fourth-order valence-electron chi connectivity index (χ4n) is 1.47. The summed E-state index contributed by atoms with van der Waals surface area (Å²) in [5.74, 6) is 0. The molecular formula is C14H18F3NS. The third-order valence-corrected chi connectivity index (χ3v) is 3.06. The predicted molar refractivity (Wildman–Crippen MR) is 75.1 cm³/mol. The molecule has 5 heteroatoms. The van der Waals surface area contributed by atoms with Gasteiger partial charge in [-0.25, -0.2) is 0 Å². The van der Waals surface area contributed by atoms with Crippen LogP contribution < -0.4 is 5.32 Å². The van der Waals surface area contributed by atoms with Crippen LogP contribution in [0.15, 0.2) is 34.7 Å². The summed E-state index contributed by atoms with van der Waals surface area (Å²) in [6.45, 7) is 6.90. The first-order valence-electron chi connectivity index (χ1n) is 6.02. The van der Waals surface area contributed by atoms with Gasteiger partial charge in [0.1, 0.15) is 0 Å². The normalized spacial score (nSPS) is 13.1. The summed E-state index contributed by atoms with van der Waals surface area (Å²) in [7, 11) is 0. The van der Waals surface area contributed by atoms with Crippen molar-refractivity contribution in [3.8, 4) is 0 Å². The topological polar surface area (TPSA) is 12.0 Å². The number of halogens is 3. The van der Waals surface area contributed by atoms with Gasteiger partial charge in [-0.2, -0.15) is 13.2 Å². The fourth-order valence-corrected chi connectivity index (χ4v) is 2.01. The average molecular weight is 289 g/mol. The maximum atomic E-state index is 12.2. The van der Waals surface area contributed by atoms with Gasteiger partial charge in [0.2, 0.25) is 0 Å². The van der Waals surface area contributed by atoms with Gasteiger partial charge < -0.3 is 5.32 Å². The number of hydrogen-bond acceptors (Lipinski definition) is 2. The van der Waals surface area contributed by atoms with E-state index in [0.717, 1.165) is 17.7 Å². The first kappa shape index (κ1) is 16.1. The zero-order valence-electron chi connectivity index (χ0n) is 11.2. The summed E-state index contributed by atoms with van der Waals surface area (Å²) in [6.07, 6.45) is 1.97. The lowest BCUT2D eigenvalue weighted by atomic mass is 10.1. The SMILES string of the molecule is CC(=Cc1ccc(SC(F)(F)F)cc1)CNC(C)C. The molecule has 0 saturated heterocycles. The highest BCUT2D eigenvalue weighted by Gasteiger charge is 2.28. The van der Waals surface area contributed by atoms with E-state index in [4.69, 9.17) is 0 Å². The highest BCUT2D eigenvalue weighted by molar-refractivity contribution is 8.00. The monoisotopic (exact) mass is 289 g/mol. The van der Waals surface area contributed by atoms with Crippen molar-refractivity contribution in [2.75, 3.05) is 6.54 Å². The molecular weight excluding hydrogens is 271 g/mol. The van der Waals surface area contributed by atoms with Crippen molar-refractivity contribution < 1.29 is 13.2 Å². The van der Waals surface area contributed by atoms with E-state index in [2.05, 4.69) is 19.2 Å². The van der Waals surface area contributed by atoms with Gasteiger partial charge in [0, 0.05) is 17.5 Å². The molecule has 0 radical (unpaired) electrons. The second-order valence-corrected chi connectivity index (χ2v) is 5.78. The number of rotatable bonds is 5. The fraction of sp³-hybridized carbons (Fsp3) is 0.429. The zero-order chi connectivity index (χ0) is 14.5. The van der Waals surface area contributed by atoms with E-state index in [1.165, 1.54) is 12.1 Å². The lowest BCUT2D eigenvalue weighted by Gasteiger charge is -2.08. The van der Waals surface area contributed by atoms with Gasteiger partial charge >= 0.3 is 5.51 Å². The highest BCUT2D eigenvalue weighted by atomic mass is 32.2. The largest absolute Gasteiger partial charge is 0.446 e. The molecule has 0 aliphatic carbocycles. The molecule has 1 aromatic carbocycles. The van der Waals surface area contributed by atoms with Crippen molar-refractivity contribution >= 4 is 17.8 Å². The van der Waals surface area contributed by atoms with Gasteiger partial charge in [-0.15, -0.1) is 0 Å². The molecule has 1 aromatic rings. The molecule has 0 unspecified atom stereocenters. The van der Waals surface area contributed by atoms with Crippen LogP contribution in [0.1, 0.15) is 26.3 Å². The maximum Gasteiger partial charge on any atom is 0.446 e. The number of benzene rings is 1. The van der Waals surface area contributed by atoms with Crippen LogP contribution in [-0.2, 0) is 0 Å². The molecule has 0 aromatic heterocycles. The van der Waals surface area contributed by atoms with Crippen molar-refractivity contribution in [2.24, 2.45) is 0 Å². The molecule has 1 nitrogen and oxygen atoms in total. The number of nitrogens with one attached hydrogen (secondary N) is 1. The summed E-state index contributed by atoms with van der Waals surface area (Å²) >= 11 is -0.0905. The van der Waals surface area contributed by atoms with E-state index in [1.54, 1.807) is 12.1 Å². The lowest BCUT2D eigenvalue weighted by molar-refractivity contribution is -0.0328. The number of hydrogen-bond donors (Lipinski definition) is 1. The smallest absolute Gasteiger partial charge is 0.311 e. The van der Waals surface area contributed by atoms with Crippen molar-refractivity contribution in [2.45, 2.75) is 37.2 Å². The van der Waals surface area contributed by atoms with E-state index in [1.807, 2.05) is 13.0 Å². The second kappa shape index (κ2) is 7.01. The molecule has 0 atom stereocenters. The molecule has 1 rings (SSSR count). The third kappa shape index (κ3) is 7.28. The average Bonchev–Trinajstić information content (AvgIpc) is 2.27. The number of thioether (sulfide) groups is 1. The summed E-state index contributed by atoms with van der Waals surface area (Å²) in [5, 5.41) is 3.29. The van der Waals surface area contributed by atoms with Crippen LogP contribution in [0.2, 0.25) is 0 Å². The van der Waals surface area contributed by atoms with Gasteiger partial charge in [-0.3, -0.25) is 0 Å². The minimum atomic E-state index is -4.23. The van der Waals surface area contributed by atoms with Crippen molar-refractivity contribution in [3.63, 3.8) is 0 Å². The Bertz CT molecular complexity index is 421.